The molecule has 26 heavy (non-hydrogen) atoms. The molecule has 0 atom stereocenters. The lowest BCUT2D eigenvalue weighted by atomic mass is 10.1. The van der Waals surface area contributed by atoms with Gasteiger partial charge in [-0.25, -0.2) is 0 Å². The molecule has 1 heterocycles. The minimum atomic E-state index is -0.474. The predicted molar refractivity (Wildman–Crippen MR) is 98.2 cm³/mol. The van der Waals surface area contributed by atoms with Gasteiger partial charge in [0.1, 0.15) is 17.3 Å². The van der Waals surface area contributed by atoms with Crippen LogP contribution in [0.2, 0.25) is 0 Å². The van der Waals surface area contributed by atoms with E-state index in [0.29, 0.717) is 11.5 Å². The molecular weight excluding hydrogens is 332 g/mol. The number of furan rings is 1. The number of hydrazine groups is 1. The number of carbonyl (C=O) groups is 2. The van der Waals surface area contributed by atoms with Crippen molar-refractivity contribution in [2.75, 3.05) is 6.61 Å². The molecule has 0 aliphatic rings. The summed E-state index contributed by atoms with van der Waals surface area (Å²) in [5, 5.41) is 2.12. The van der Waals surface area contributed by atoms with Crippen molar-refractivity contribution in [1.82, 2.24) is 10.9 Å². The Morgan fingerprint density at radius 1 is 1.04 bits per heavy atom. The quantitative estimate of drug-likeness (QED) is 0.548. The summed E-state index contributed by atoms with van der Waals surface area (Å²) >= 11 is 0. The van der Waals surface area contributed by atoms with Gasteiger partial charge in [0.2, 0.25) is 0 Å². The van der Waals surface area contributed by atoms with Crippen molar-refractivity contribution >= 4 is 28.7 Å². The third-order valence-electron chi connectivity index (χ3n) is 3.58. The second kappa shape index (κ2) is 8.02. The number of benzene rings is 2. The van der Waals surface area contributed by atoms with Crippen molar-refractivity contribution in [1.29, 1.82) is 0 Å². The molecular formula is C20H18N2O4. The normalized spacial score (nSPS) is 10.8. The average molecular weight is 350 g/mol. The summed E-state index contributed by atoms with van der Waals surface area (Å²) in [7, 11) is 0. The van der Waals surface area contributed by atoms with Gasteiger partial charge >= 0.3 is 0 Å². The van der Waals surface area contributed by atoms with E-state index in [1.54, 1.807) is 18.2 Å². The highest BCUT2D eigenvalue weighted by Crippen LogP contribution is 2.20. The zero-order valence-corrected chi connectivity index (χ0v) is 14.2. The van der Waals surface area contributed by atoms with E-state index in [0.717, 1.165) is 16.5 Å². The zero-order valence-electron chi connectivity index (χ0n) is 14.2. The number of hydrogen-bond donors (Lipinski definition) is 2. The Kier molecular flexibility index (Phi) is 5.34. The molecule has 6 nitrogen and oxygen atoms in total. The molecule has 0 fully saturated rings. The van der Waals surface area contributed by atoms with Crippen LogP contribution in [0.5, 0.6) is 5.75 Å². The van der Waals surface area contributed by atoms with Crippen LogP contribution in [0.1, 0.15) is 11.5 Å². The highest BCUT2D eigenvalue weighted by Gasteiger charge is 2.05. The van der Waals surface area contributed by atoms with Crippen LogP contribution in [0.3, 0.4) is 0 Å². The minimum absolute atomic E-state index is 0.209. The molecule has 3 aromatic rings. The number of hydrogen-bond acceptors (Lipinski definition) is 4. The molecule has 0 aliphatic carbocycles. The molecule has 132 valence electrons. The molecule has 2 amide bonds. The van der Waals surface area contributed by atoms with Gasteiger partial charge in [-0.2, -0.15) is 0 Å². The van der Waals surface area contributed by atoms with Gasteiger partial charge in [0.05, 0.1) is 0 Å². The van der Waals surface area contributed by atoms with E-state index in [1.165, 1.54) is 12.2 Å². The topological polar surface area (TPSA) is 80.6 Å². The second-order valence-electron chi connectivity index (χ2n) is 5.62. The zero-order chi connectivity index (χ0) is 18.4. The van der Waals surface area contributed by atoms with Gasteiger partial charge in [0, 0.05) is 6.08 Å². The van der Waals surface area contributed by atoms with E-state index < -0.39 is 11.8 Å². The Hall–Kier alpha value is -3.54. The predicted octanol–water partition coefficient (Wildman–Crippen LogP) is 2.98. The van der Waals surface area contributed by atoms with Gasteiger partial charge in [-0.1, -0.05) is 30.3 Å². The maximum Gasteiger partial charge on any atom is 0.276 e. The number of rotatable bonds is 5. The highest BCUT2D eigenvalue weighted by atomic mass is 16.5. The standard InChI is InChI=1S/C20H18N2O4/c1-14-6-8-17(26-14)10-11-19(23)21-22-20(24)13-25-18-9-7-15-4-2-3-5-16(15)12-18/h2-12H,13H2,1H3,(H,21,23)(H,22,24)/b11-10+. The number of nitrogens with one attached hydrogen (secondary N) is 2. The maximum atomic E-state index is 11.8. The number of fused-ring (bicyclic) bond motifs is 1. The molecule has 0 radical (unpaired) electrons. The van der Waals surface area contributed by atoms with Gasteiger partial charge in [-0.05, 0) is 48.0 Å². The minimum Gasteiger partial charge on any atom is -0.484 e. The second-order valence-corrected chi connectivity index (χ2v) is 5.62. The van der Waals surface area contributed by atoms with Crippen LogP contribution in [0.15, 0.2) is 65.1 Å². The van der Waals surface area contributed by atoms with Crippen LogP contribution in [0.4, 0.5) is 0 Å². The summed E-state index contributed by atoms with van der Waals surface area (Å²) in [6, 6.07) is 17.0. The Morgan fingerprint density at radius 3 is 2.62 bits per heavy atom. The first-order valence-electron chi connectivity index (χ1n) is 8.05. The lowest BCUT2D eigenvalue weighted by Gasteiger charge is -2.08. The average Bonchev–Trinajstić information content (AvgIpc) is 3.08. The van der Waals surface area contributed by atoms with E-state index in [2.05, 4.69) is 10.9 Å². The van der Waals surface area contributed by atoms with Crippen molar-refractivity contribution in [3.63, 3.8) is 0 Å². The largest absolute Gasteiger partial charge is 0.484 e. The molecule has 0 unspecified atom stereocenters. The molecule has 0 saturated heterocycles. The fourth-order valence-electron chi connectivity index (χ4n) is 2.32. The molecule has 0 spiro atoms. The van der Waals surface area contributed by atoms with Gasteiger partial charge in [0.25, 0.3) is 11.8 Å². The van der Waals surface area contributed by atoms with Gasteiger partial charge < -0.3 is 9.15 Å². The Labute approximate surface area is 150 Å². The van der Waals surface area contributed by atoms with Crippen LogP contribution < -0.4 is 15.6 Å². The summed E-state index contributed by atoms with van der Waals surface area (Å²) < 4.78 is 10.7. The van der Waals surface area contributed by atoms with E-state index in [9.17, 15) is 9.59 Å². The van der Waals surface area contributed by atoms with Crippen molar-refractivity contribution in [3.8, 4) is 5.75 Å². The SMILES string of the molecule is Cc1ccc(/C=C/C(=O)NNC(=O)COc2ccc3ccccc3c2)o1. The number of ether oxygens (including phenoxy) is 1. The molecule has 3 rings (SSSR count). The van der Waals surface area contributed by atoms with Gasteiger partial charge in [0.15, 0.2) is 6.61 Å². The van der Waals surface area contributed by atoms with Gasteiger partial charge in [-0.15, -0.1) is 0 Å². The third-order valence-corrected chi connectivity index (χ3v) is 3.58. The van der Waals surface area contributed by atoms with E-state index in [1.807, 2.05) is 43.3 Å². The molecule has 0 saturated carbocycles. The summed E-state index contributed by atoms with van der Waals surface area (Å²) in [6.07, 6.45) is 2.78. The molecule has 2 N–H and O–H groups in total. The lowest BCUT2D eigenvalue weighted by molar-refractivity contribution is -0.128. The molecule has 0 bridgehead atoms. The van der Waals surface area contributed by atoms with E-state index >= 15 is 0 Å². The van der Waals surface area contributed by atoms with Crippen molar-refractivity contribution < 1.29 is 18.7 Å². The first-order valence-corrected chi connectivity index (χ1v) is 8.05. The number of amides is 2. The Balaban J connectivity index is 1.44. The monoisotopic (exact) mass is 350 g/mol. The number of carbonyl (C=O) groups excluding carboxylic acids is 2. The Bertz CT molecular complexity index is 959. The fourth-order valence-corrected chi connectivity index (χ4v) is 2.32. The van der Waals surface area contributed by atoms with Gasteiger partial charge in [-0.3, -0.25) is 20.4 Å². The van der Waals surface area contributed by atoms with E-state index in [-0.39, 0.29) is 6.61 Å². The smallest absolute Gasteiger partial charge is 0.276 e. The van der Waals surface area contributed by atoms with E-state index in [4.69, 9.17) is 9.15 Å². The fraction of sp³-hybridized carbons (Fsp3) is 0.100. The lowest BCUT2D eigenvalue weighted by Crippen LogP contribution is -2.43. The summed E-state index contributed by atoms with van der Waals surface area (Å²) in [6.45, 7) is 1.60. The van der Waals surface area contributed by atoms with Crippen molar-refractivity contribution in [3.05, 3.63) is 72.2 Å². The van der Waals surface area contributed by atoms with Crippen LogP contribution in [0.25, 0.3) is 16.8 Å². The number of aryl methyl sites for hydroxylation is 1. The summed E-state index contributed by atoms with van der Waals surface area (Å²) in [5.41, 5.74) is 4.56. The molecule has 2 aromatic carbocycles. The van der Waals surface area contributed by atoms with Crippen LogP contribution in [0, 0.1) is 6.92 Å². The Morgan fingerprint density at radius 2 is 1.85 bits per heavy atom. The molecule has 1 aromatic heterocycles. The molecule has 0 aliphatic heterocycles. The van der Waals surface area contributed by atoms with Crippen molar-refractivity contribution in [2.45, 2.75) is 6.92 Å². The van der Waals surface area contributed by atoms with Crippen LogP contribution in [-0.2, 0) is 9.59 Å². The van der Waals surface area contributed by atoms with Crippen molar-refractivity contribution in [2.24, 2.45) is 0 Å². The highest BCUT2D eigenvalue weighted by molar-refractivity contribution is 5.93. The van der Waals surface area contributed by atoms with Crippen LogP contribution >= 0.6 is 0 Å². The van der Waals surface area contributed by atoms with Crippen LogP contribution in [-0.4, -0.2) is 18.4 Å². The maximum absolute atomic E-state index is 11.8. The first kappa shape index (κ1) is 17.3. The first-order chi connectivity index (χ1) is 12.6. The third kappa shape index (κ3) is 4.73. The molecule has 6 heteroatoms. The summed E-state index contributed by atoms with van der Waals surface area (Å²) in [4.78, 5) is 23.4. The summed E-state index contributed by atoms with van der Waals surface area (Å²) in [5.74, 6) is 0.956.